The number of nitrogens with zero attached hydrogens (tertiary/aromatic N) is 2. The zero-order valence-corrected chi connectivity index (χ0v) is 10.1. The molecule has 1 heterocycles. The first-order chi connectivity index (χ1) is 9.34. The summed E-state index contributed by atoms with van der Waals surface area (Å²) < 4.78 is 0. The second-order valence-electron chi connectivity index (χ2n) is 4.07. The van der Waals surface area contributed by atoms with Crippen LogP contribution in [0.5, 0.6) is 0 Å². The van der Waals surface area contributed by atoms with E-state index in [9.17, 15) is 4.79 Å². The fraction of sp³-hybridized carbons (Fsp3) is 0. The Morgan fingerprint density at radius 3 is 2.21 bits per heavy atom. The highest BCUT2D eigenvalue weighted by Gasteiger charge is 2.14. The summed E-state index contributed by atoms with van der Waals surface area (Å²) in [6.45, 7) is 0. The zero-order chi connectivity index (χ0) is 13.1. The van der Waals surface area contributed by atoms with Gasteiger partial charge in [0.1, 0.15) is 0 Å². The average Bonchev–Trinajstić information content (AvgIpc) is 2.98. The van der Waals surface area contributed by atoms with Crippen molar-refractivity contribution in [2.24, 2.45) is 0 Å². The molecular formula is C15H11N3O. The number of hydrogen-bond donors (Lipinski definition) is 1. The quantitative estimate of drug-likeness (QED) is 0.726. The van der Waals surface area contributed by atoms with E-state index in [1.54, 1.807) is 12.1 Å². The molecule has 3 rings (SSSR count). The molecule has 0 amide bonds. The van der Waals surface area contributed by atoms with E-state index in [0.29, 0.717) is 11.4 Å². The Hall–Kier alpha value is -2.75. The van der Waals surface area contributed by atoms with Gasteiger partial charge < -0.3 is 0 Å². The van der Waals surface area contributed by atoms with Crippen molar-refractivity contribution in [3.05, 3.63) is 72.1 Å². The number of ketones is 1. The van der Waals surface area contributed by atoms with Crippen LogP contribution in [0.2, 0.25) is 0 Å². The Morgan fingerprint density at radius 1 is 0.895 bits per heavy atom. The van der Waals surface area contributed by atoms with Crippen LogP contribution in [0.3, 0.4) is 0 Å². The molecule has 1 N–H and O–H groups in total. The minimum atomic E-state index is -0.157. The summed E-state index contributed by atoms with van der Waals surface area (Å²) in [6, 6.07) is 18.6. The number of hydrogen-bond acceptors (Lipinski definition) is 3. The Bertz CT molecular complexity index is 690. The van der Waals surface area contributed by atoms with Crippen molar-refractivity contribution in [1.29, 1.82) is 0 Å². The van der Waals surface area contributed by atoms with E-state index in [1.165, 1.54) is 0 Å². The Morgan fingerprint density at radius 2 is 1.53 bits per heavy atom. The molecule has 0 saturated carbocycles. The van der Waals surface area contributed by atoms with Gasteiger partial charge in [0.15, 0.2) is 11.6 Å². The number of carbonyl (C=O) groups is 1. The second kappa shape index (κ2) is 4.86. The van der Waals surface area contributed by atoms with E-state index in [1.807, 2.05) is 48.5 Å². The molecule has 1 aromatic heterocycles. The van der Waals surface area contributed by atoms with Gasteiger partial charge >= 0.3 is 0 Å². The van der Waals surface area contributed by atoms with Crippen LogP contribution < -0.4 is 0 Å². The summed E-state index contributed by atoms with van der Waals surface area (Å²) in [5.74, 6) is 0.625. The average molecular weight is 249 g/mol. The van der Waals surface area contributed by atoms with E-state index >= 15 is 0 Å². The molecule has 0 aliphatic carbocycles. The van der Waals surface area contributed by atoms with Gasteiger partial charge in [-0.25, -0.2) is 4.98 Å². The first-order valence-electron chi connectivity index (χ1n) is 5.92. The maximum absolute atomic E-state index is 12.2. The van der Waals surface area contributed by atoms with Crippen molar-refractivity contribution >= 4 is 5.78 Å². The van der Waals surface area contributed by atoms with Gasteiger partial charge in [-0.1, -0.05) is 60.7 Å². The largest absolute Gasteiger partial charge is 0.285 e. The molecular weight excluding hydrogens is 238 g/mol. The SMILES string of the molecule is O=C(c1ccccc1)c1nc(-c2ccccc2)n[nH]1. The molecule has 0 saturated heterocycles. The van der Waals surface area contributed by atoms with Crippen molar-refractivity contribution in [2.75, 3.05) is 0 Å². The van der Waals surface area contributed by atoms with Gasteiger partial charge in [0, 0.05) is 11.1 Å². The third-order valence-corrected chi connectivity index (χ3v) is 2.77. The maximum Gasteiger partial charge on any atom is 0.229 e. The van der Waals surface area contributed by atoms with Crippen LogP contribution in [-0.4, -0.2) is 21.0 Å². The van der Waals surface area contributed by atoms with Crippen molar-refractivity contribution in [3.63, 3.8) is 0 Å². The molecule has 92 valence electrons. The van der Waals surface area contributed by atoms with Crippen molar-refractivity contribution in [2.45, 2.75) is 0 Å². The second-order valence-corrected chi connectivity index (χ2v) is 4.07. The van der Waals surface area contributed by atoms with E-state index in [2.05, 4.69) is 15.2 Å². The number of H-pyrrole nitrogens is 1. The van der Waals surface area contributed by atoms with Crippen LogP contribution >= 0.6 is 0 Å². The lowest BCUT2D eigenvalue weighted by atomic mass is 10.1. The smallest absolute Gasteiger partial charge is 0.229 e. The van der Waals surface area contributed by atoms with Gasteiger partial charge in [-0.3, -0.25) is 9.89 Å². The van der Waals surface area contributed by atoms with Crippen molar-refractivity contribution < 1.29 is 4.79 Å². The van der Waals surface area contributed by atoms with Crippen molar-refractivity contribution in [1.82, 2.24) is 15.2 Å². The molecule has 0 aliphatic rings. The number of carbonyl (C=O) groups excluding carboxylic acids is 1. The Balaban J connectivity index is 1.92. The lowest BCUT2D eigenvalue weighted by molar-refractivity contribution is 0.103. The highest BCUT2D eigenvalue weighted by Crippen LogP contribution is 2.14. The molecule has 19 heavy (non-hydrogen) atoms. The molecule has 0 aliphatic heterocycles. The fourth-order valence-electron chi connectivity index (χ4n) is 1.81. The lowest BCUT2D eigenvalue weighted by Gasteiger charge is -1.95. The van der Waals surface area contributed by atoms with Crippen LogP contribution in [0, 0.1) is 0 Å². The fourth-order valence-corrected chi connectivity index (χ4v) is 1.81. The first-order valence-corrected chi connectivity index (χ1v) is 5.92. The highest BCUT2D eigenvalue weighted by molar-refractivity contribution is 6.06. The Kier molecular flexibility index (Phi) is 2.90. The first kappa shape index (κ1) is 11.3. The number of aromatic nitrogens is 3. The lowest BCUT2D eigenvalue weighted by Crippen LogP contribution is -2.03. The van der Waals surface area contributed by atoms with E-state index in [4.69, 9.17) is 0 Å². The predicted octanol–water partition coefficient (Wildman–Crippen LogP) is 2.70. The maximum atomic E-state index is 12.2. The summed E-state index contributed by atoms with van der Waals surface area (Å²) in [5, 5.41) is 6.77. The summed E-state index contributed by atoms with van der Waals surface area (Å²) in [7, 11) is 0. The summed E-state index contributed by atoms with van der Waals surface area (Å²) in [4.78, 5) is 16.4. The van der Waals surface area contributed by atoms with Gasteiger partial charge in [-0.2, -0.15) is 5.10 Å². The third-order valence-electron chi connectivity index (χ3n) is 2.77. The topological polar surface area (TPSA) is 58.6 Å². The number of nitrogens with one attached hydrogen (secondary N) is 1. The van der Waals surface area contributed by atoms with Crippen LogP contribution in [-0.2, 0) is 0 Å². The minimum absolute atomic E-state index is 0.157. The zero-order valence-electron chi connectivity index (χ0n) is 10.1. The summed E-state index contributed by atoms with van der Waals surface area (Å²) >= 11 is 0. The minimum Gasteiger partial charge on any atom is -0.285 e. The molecule has 0 atom stereocenters. The van der Waals surface area contributed by atoms with Gasteiger partial charge in [-0.05, 0) is 0 Å². The van der Waals surface area contributed by atoms with Crippen LogP contribution in [0.15, 0.2) is 60.7 Å². The van der Waals surface area contributed by atoms with Crippen LogP contribution in [0.4, 0.5) is 0 Å². The molecule has 0 unspecified atom stereocenters. The highest BCUT2D eigenvalue weighted by atomic mass is 16.1. The van der Waals surface area contributed by atoms with E-state index < -0.39 is 0 Å². The van der Waals surface area contributed by atoms with Gasteiger partial charge in [0.25, 0.3) is 0 Å². The third kappa shape index (κ3) is 2.28. The molecule has 0 radical (unpaired) electrons. The normalized spacial score (nSPS) is 10.3. The molecule has 3 aromatic rings. The summed E-state index contributed by atoms with van der Waals surface area (Å²) in [6.07, 6.45) is 0. The van der Waals surface area contributed by atoms with Gasteiger partial charge in [-0.15, -0.1) is 0 Å². The van der Waals surface area contributed by atoms with Crippen molar-refractivity contribution in [3.8, 4) is 11.4 Å². The van der Waals surface area contributed by atoms with Gasteiger partial charge in [0.05, 0.1) is 0 Å². The molecule has 4 heteroatoms. The standard InChI is InChI=1S/C15H11N3O/c19-13(11-7-3-1-4-8-11)15-16-14(17-18-15)12-9-5-2-6-10-12/h1-10H,(H,16,17,18). The number of benzene rings is 2. The molecule has 0 spiro atoms. The Labute approximate surface area is 110 Å². The van der Waals surface area contributed by atoms with Crippen LogP contribution in [0.25, 0.3) is 11.4 Å². The molecule has 4 nitrogen and oxygen atoms in total. The predicted molar refractivity (Wildman–Crippen MR) is 71.7 cm³/mol. The molecule has 0 fully saturated rings. The molecule has 2 aromatic carbocycles. The summed E-state index contributed by atoms with van der Waals surface area (Å²) in [5.41, 5.74) is 1.48. The monoisotopic (exact) mass is 249 g/mol. The van der Waals surface area contributed by atoms with E-state index in [-0.39, 0.29) is 11.6 Å². The van der Waals surface area contributed by atoms with Gasteiger partial charge in [0.2, 0.25) is 5.78 Å². The number of aromatic amines is 1. The van der Waals surface area contributed by atoms with E-state index in [0.717, 1.165) is 5.56 Å². The number of rotatable bonds is 3. The van der Waals surface area contributed by atoms with Crippen LogP contribution in [0.1, 0.15) is 16.2 Å². The molecule has 0 bridgehead atoms.